The summed E-state index contributed by atoms with van der Waals surface area (Å²) < 4.78 is 5.14. The third-order valence-corrected chi connectivity index (χ3v) is 3.35. The normalized spacial score (nSPS) is 14.8. The molecule has 1 fully saturated rings. The molecule has 2 N–H and O–H groups in total. The largest absolute Gasteiger partial charge is 0.479 e. The van der Waals surface area contributed by atoms with Gasteiger partial charge in [0.05, 0.1) is 6.54 Å². The van der Waals surface area contributed by atoms with Gasteiger partial charge in [-0.1, -0.05) is 12.8 Å². The fraction of sp³-hybridized carbons (Fsp3) is 0.467. The second-order valence-electron chi connectivity index (χ2n) is 4.88. The molecule has 0 spiro atoms. The van der Waals surface area contributed by atoms with Crippen LogP contribution < -0.4 is 15.4 Å². The standard InChI is InChI=1S/C15H19N3O2/c16-9-10-20-14-7-5-13(6-8-14)18-15(19)11-17-12-3-1-2-4-12/h5-8,12,17H,1-4,10-11H2,(H,18,19). The van der Waals surface area contributed by atoms with E-state index < -0.39 is 0 Å². The van der Waals surface area contributed by atoms with Crippen molar-refractivity contribution in [2.24, 2.45) is 0 Å². The van der Waals surface area contributed by atoms with Gasteiger partial charge in [-0.25, -0.2) is 0 Å². The van der Waals surface area contributed by atoms with Gasteiger partial charge in [0.1, 0.15) is 11.8 Å². The molecule has 5 nitrogen and oxygen atoms in total. The summed E-state index contributed by atoms with van der Waals surface area (Å²) in [5.41, 5.74) is 0.729. The van der Waals surface area contributed by atoms with Gasteiger partial charge >= 0.3 is 0 Å². The fourth-order valence-electron chi connectivity index (χ4n) is 2.32. The molecule has 1 aromatic rings. The van der Waals surface area contributed by atoms with Gasteiger partial charge in [-0.05, 0) is 37.1 Å². The quantitative estimate of drug-likeness (QED) is 0.832. The summed E-state index contributed by atoms with van der Waals surface area (Å²) >= 11 is 0. The predicted molar refractivity (Wildman–Crippen MR) is 76.4 cm³/mol. The SMILES string of the molecule is N#CCOc1ccc(NC(=O)CNC2CCCC2)cc1. The summed E-state index contributed by atoms with van der Waals surface area (Å²) in [6.07, 6.45) is 4.84. The van der Waals surface area contributed by atoms with E-state index in [1.807, 2.05) is 6.07 Å². The summed E-state index contributed by atoms with van der Waals surface area (Å²) in [4.78, 5) is 11.8. The van der Waals surface area contributed by atoms with Gasteiger partial charge < -0.3 is 15.4 Å². The average molecular weight is 273 g/mol. The monoisotopic (exact) mass is 273 g/mol. The maximum Gasteiger partial charge on any atom is 0.238 e. The minimum atomic E-state index is -0.0393. The van der Waals surface area contributed by atoms with Crippen LogP contribution in [0.4, 0.5) is 5.69 Å². The highest BCUT2D eigenvalue weighted by molar-refractivity contribution is 5.92. The third-order valence-electron chi connectivity index (χ3n) is 3.35. The Balaban J connectivity index is 1.74. The Kier molecular flexibility index (Phi) is 5.39. The first-order valence-electron chi connectivity index (χ1n) is 6.91. The van der Waals surface area contributed by atoms with E-state index in [9.17, 15) is 4.79 Å². The number of rotatable bonds is 6. The molecule has 1 saturated carbocycles. The van der Waals surface area contributed by atoms with E-state index in [0.29, 0.717) is 18.3 Å². The lowest BCUT2D eigenvalue weighted by Crippen LogP contribution is -2.34. The smallest absolute Gasteiger partial charge is 0.238 e. The number of hydrogen-bond donors (Lipinski definition) is 2. The Bertz CT molecular complexity index is 473. The number of amides is 1. The molecule has 2 rings (SSSR count). The molecule has 106 valence electrons. The van der Waals surface area contributed by atoms with Crippen molar-refractivity contribution < 1.29 is 9.53 Å². The average Bonchev–Trinajstić information content (AvgIpc) is 2.98. The molecular weight excluding hydrogens is 254 g/mol. The summed E-state index contributed by atoms with van der Waals surface area (Å²) in [6.45, 7) is 0.369. The first-order chi connectivity index (χ1) is 9.78. The van der Waals surface area contributed by atoms with E-state index in [1.54, 1.807) is 24.3 Å². The first-order valence-corrected chi connectivity index (χ1v) is 6.91. The van der Waals surface area contributed by atoms with E-state index in [0.717, 1.165) is 18.5 Å². The van der Waals surface area contributed by atoms with Crippen molar-refractivity contribution >= 4 is 11.6 Å². The third kappa shape index (κ3) is 4.56. The van der Waals surface area contributed by atoms with Crippen molar-refractivity contribution in [3.05, 3.63) is 24.3 Å². The molecule has 1 amide bonds. The molecule has 0 unspecified atom stereocenters. The molecule has 0 radical (unpaired) electrons. The number of nitrogens with one attached hydrogen (secondary N) is 2. The van der Waals surface area contributed by atoms with Gasteiger partial charge in [-0.15, -0.1) is 0 Å². The van der Waals surface area contributed by atoms with Gasteiger partial charge in [0.15, 0.2) is 6.61 Å². The Morgan fingerprint density at radius 3 is 2.65 bits per heavy atom. The second-order valence-corrected chi connectivity index (χ2v) is 4.88. The van der Waals surface area contributed by atoms with Crippen molar-refractivity contribution in [3.8, 4) is 11.8 Å². The highest BCUT2D eigenvalue weighted by Gasteiger charge is 2.15. The molecule has 0 aliphatic heterocycles. The van der Waals surface area contributed by atoms with Crippen LogP contribution in [-0.2, 0) is 4.79 Å². The Labute approximate surface area is 118 Å². The number of ether oxygens (including phenoxy) is 1. The zero-order valence-electron chi connectivity index (χ0n) is 11.4. The van der Waals surface area contributed by atoms with Crippen LogP contribution in [-0.4, -0.2) is 25.1 Å². The predicted octanol–water partition coefficient (Wildman–Crippen LogP) is 2.06. The molecular formula is C15H19N3O2. The van der Waals surface area contributed by atoms with E-state index in [2.05, 4.69) is 10.6 Å². The van der Waals surface area contributed by atoms with Crippen LogP contribution in [0.25, 0.3) is 0 Å². The number of anilines is 1. The number of nitrogens with zero attached hydrogens (tertiary/aromatic N) is 1. The molecule has 0 bridgehead atoms. The van der Waals surface area contributed by atoms with Gasteiger partial charge in [0, 0.05) is 11.7 Å². The molecule has 1 aromatic carbocycles. The van der Waals surface area contributed by atoms with Crippen LogP contribution in [0.5, 0.6) is 5.75 Å². The van der Waals surface area contributed by atoms with Crippen LogP contribution in [0.1, 0.15) is 25.7 Å². The van der Waals surface area contributed by atoms with Gasteiger partial charge in [0.25, 0.3) is 0 Å². The zero-order chi connectivity index (χ0) is 14.2. The number of nitriles is 1. The van der Waals surface area contributed by atoms with Crippen molar-refractivity contribution in [1.82, 2.24) is 5.32 Å². The topological polar surface area (TPSA) is 74.1 Å². The summed E-state index contributed by atoms with van der Waals surface area (Å²) in [5, 5.41) is 14.5. The second kappa shape index (κ2) is 7.51. The Morgan fingerprint density at radius 1 is 1.30 bits per heavy atom. The number of carbonyl (C=O) groups excluding carboxylic acids is 1. The lowest BCUT2D eigenvalue weighted by atomic mass is 10.2. The molecule has 20 heavy (non-hydrogen) atoms. The van der Waals surface area contributed by atoms with Crippen LogP contribution in [0.3, 0.4) is 0 Å². The van der Waals surface area contributed by atoms with Crippen LogP contribution >= 0.6 is 0 Å². The van der Waals surface area contributed by atoms with E-state index >= 15 is 0 Å². The fourth-order valence-corrected chi connectivity index (χ4v) is 2.32. The lowest BCUT2D eigenvalue weighted by Gasteiger charge is -2.12. The molecule has 1 aliphatic carbocycles. The van der Waals surface area contributed by atoms with Crippen LogP contribution in [0, 0.1) is 11.3 Å². The van der Waals surface area contributed by atoms with E-state index in [-0.39, 0.29) is 12.5 Å². The van der Waals surface area contributed by atoms with Crippen LogP contribution in [0.2, 0.25) is 0 Å². The highest BCUT2D eigenvalue weighted by Crippen LogP contribution is 2.17. The minimum absolute atomic E-state index is 0.0248. The van der Waals surface area contributed by atoms with Crippen molar-refractivity contribution in [3.63, 3.8) is 0 Å². The molecule has 0 aromatic heterocycles. The molecule has 0 heterocycles. The summed E-state index contributed by atoms with van der Waals surface area (Å²) in [6, 6.07) is 9.39. The first kappa shape index (κ1) is 14.4. The Hall–Kier alpha value is -2.06. The van der Waals surface area contributed by atoms with Crippen molar-refractivity contribution in [1.29, 1.82) is 5.26 Å². The zero-order valence-corrected chi connectivity index (χ0v) is 11.4. The number of carbonyl (C=O) groups is 1. The van der Waals surface area contributed by atoms with E-state index in [4.69, 9.17) is 10.00 Å². The van der Waals surface area contributed by atoms with Crippen molar-refractivity contribution in [2.75, 3.05) is 18.5 Å². The van der Waals surface area contributed by atoms with Gasteiger partial charge in [-0.3, -0.25) is 4.79 Å². The van der Waals surface area contributed by atoms with Gasteiger partial charge in [-0.2, -0.15) is 5.26 Å². The number of benzene rings is 1. The summed E-state index contributed by atoms with van der Waals surface area (Å²) in [5.74, 6) is 0.580. The molecule has 0 saturated heterocycles. The molecule has 5 heteroatoms. The van der Waals surface area contributed by atoms with Crippen molar-refractivity contribution in [2.45, 2.75) is 31.7 Å². The van der Waals surface area contributed by atoms with E-state index in [1.165, 1.54) is 12.8 Å². The maximum atomic E-state index is 11.8. The highest BCUT2D eigenvalue weighted by atomic mass is 16.5. The Morgan fingerprint density at radius 2 is 2.00 bits per heavy atom. The number of hydrogen-bond acceptors (Lipinski definition) is 4. The van der Waals surface area contributed by atoms with Gasteiger partial charge in [0.2, 0.25) is 5.91 Å². The lowest BCUT2D eigenvalue weighted by molar-refractivity contribution is -0.115. The molecule has 1 aliphatic rings. The maximum absolute atomic E-state index is 11.8. The van der Waals surface area contributed by atoms with Crippen LogP contribution in [0.15, 0.2) is 24.3 Å². The minimum Gasteiger partial charge on any atom is -0.479 e. The molecule has 0 atom stereocenters. The summed E-state index contributed by atoms with van der Waals surface area (Å²) in [7, 11) is 0.